The van der Waals surface area contributed by atoms with Crippen LogP contribution < -0.4 is 36.0 Å². The van der Waals surface area contributed by atoms with Gasteiger partial charge in [-0.2, -0.15) is 0 Å². The van der Waals surface area contributed by atoms with Crippen molar-refractivity contribution in [3.8, 4) is 0 Å². The Morgan fingerprint density at radius 1 is 0.329 bits per heavy atom. The van der Waals surface area contributed by atoms with E-state index in [1.165, 1.54) is 75.4 Å². The number of aryl methyl sites for hydroxylation is 1. The summed E-state index contributed by atoms with van der Waals surface area (Å²) in [6, 6.07) is 74.1. The molecule has 0 fully saturated rings. The SMILES string of the molecule is Cc1cc2c3c(c1)N1c4cccc(c4)Sc4cccc(c4)N(c4ccc(C(C)(C)C)cc4)c4ccc(c1c4)B3c1ccc3cc1N2c1cccc(c1)Sc1cccc(c1)N3c1ccc(C(C)(C)C)cc1. The molecule has 0 N–H and O–H groups in total. The third kappa shape index (κ3) is 7.16. The van der Waals surface area contributed by atoms with E-state index in [4.69, 9.17) is 0 Å². The smallest absolute Gasteiger partial charge is 0.252 e. The van der Waals surface area contributed by atoms with Gasteiger partial charge < -0.3 is 19.6 Å². The number of benzene rings is 9. The van der Waals surface area contributed by atoms with Crippen LogP contribution in [0.4, 0.5) is 68.2 Å². The Bertz CT molecular complexity index is 3340. The molecule has 4 heterocycles. The second-order valence-electron chi connectivity index (χ2n) is 21.3. The van der Waals surface area contributed by atoms with Crippen LogP contribution >= 0.6 is 23.5 Å². The van der Waals surface area contributed by atoms with Gasteiger partial charge in [-0.1, -0.05) is 126 Å². The molecule has 0 saturated heterocycles. The summed E-state index contributed by atoms with van der Waals surface area (Å²) in [6.45, 7) is 15.9. The van der Waals surface area contributed by atoms with Gasteiger partial charge in [0.05, 0.1) is 0 Å². The minimum Gasteiger partial charge on any atom is -0.311 e. The normalized spacial score (nSPS) is 14.2. The number of hydrogen-bond donors (Lipinski definition) is 0. The first-order valence-corrected chi connectivity index (χ1v) is 26.1. The summed E-state index contributed by atoms with van der Waals surface area (Å²) < 4.78 is 0. The van der Waals surface area contributed by atoms with E-state index in [2.05, 4.69) is 262 Å². The molecule has 70 heavy (non-hydrogen) atoms. The molecule has 13 rings (SSSR count). The summed E-state index contributed by atoms with van der Waals surface area (Å²) in [5.41, 5.74) is 21.7. The monoisotopic (exact) mass is 940 g/mol. The van der Waals surface area contributed by atoms with Crippen molar-refractivity contribution in [3.63, 3.8) is 0 Å². The number of anilines is 12. The van der Waals surface area contributed by atoms with Crippen LogP contribution in [-0.2, 0) is 10.8 Å². The third-order valence-corrected chi connectivity index (χ3v) is 16.4. The largest absolute Gasteiger partial charge is 0.311 e. The zero-order chi connectivity index (χ0) is 47.6. The molecule has 4 aliphatic rings. The molecule has 4 nitrogen and oxygen atoms in total. The minimum atomic E-state index is -0.0344. The van der Waals surface area contributed by atoms with Crippen molar-refractivity contribution in [1.82, 2.24) is 0 Å². The van der Waals surface area contributed by atoms with E-state index in [1.54, 1.807) is 0 Å². The van der Waals surface area contributed by atoms with Crippen molar-refractivity contribution < 1.29 is 0 Å². The first-order valence-electron chi connectivity index (χ1n) is 24.4. The van der Waals surface area contributed by atoms with Crippen LogP contribution in [0.1, 0.15) is 58.2 Å². The lowest BCUT2D eigenvalue weighted by Crippen LogP contribution is -2.61. The van der Waals surface area contributed by atoms with Crippen LogP contribution in [0.15, 0.2) is 214 Å². The molecule has 0 saturated carbocycles. The fourth-order valence-corrected chi connectivity index (χ4v) is 12.9. The molecular weight excluding hydrogens is 888 g/mol. The number of rotatable bonds is 2. The van der Waals surface area contributed by atoms with Crippen molar-refractivity contribution in [2.75, 3.05) is 19.6 Å². The van der Waals surface area contributed by atoms with Crippen molar-refractivity contribution in [2.45, 2.75) is 78.9 Å². The number of nitrogens with zero attached hydrogens (tertiary/aromatic N) is 4. The quantitative estimate of drug-likeness (QED) is 0.159. The van der Waals surface area contributed by atoms with Gasteiger partial charge in [0.2, 0.25) is 0 Å². The van der Waals surface area contributed by atoms with Gasteiger partial charge in [0.1, 0.15) is 0 Å². The standard InChI is InChI=1S/C63H53BN4S2/c1-40-32-59-61-60(33-40)68-48-15-11-19-54(37-48)70-52-17-9-13-46(35-52)66(44-26-22-42(23-27-44)63(5,6)7)50-29-31-56(58(68)39-50)64(61)55-30-28-49-38-57(55)67(59)47-14-10-18-53(36-47)69-51-16-8-12-45(34-51)65(49)43-24-20-41(21-25-43)62(2,3)4/h8-39H,1-7H3. The van der Waals surface area contributed by atoms with Crippen molar-refractivity contribution in [1.29, 1.82) is 0 Å². The highest BCUT2D eigenvalue weighted by molar-refractivity contribution is 7.99. The molecule has 9 aromatic carbocycles. The summed E-state index contributed by atoms with van der Waals surface area (Å²) in [7, 11) is 0. The Labute approximate surface area is 421 Å². The summed E-state index contributed by atoms with van der Waals surface area (Å²) in [6.07, 6.45) is 0. The molecule has 0 unspecified atom stereocenters. The summed E-state index contributed by atoms with van der Waals surface area (Å²) in [5, 5.41) is 0. The van der Waals surface area contributed by atoms with Crippen LogP contribution in [0.5, 0.6) is 0 Å². The predicted octanol–water partition coefficient (Wildman–Crippen LogP) is 16.5. The highest BCUT2D eigenvalue weighted by Crippen LogP contribution is 2.50. The van der Waals surface area contributed by atoms with Crippen LogP contribution in [0.25, 0.3) is 0 Å². The molecule has 4 aliphatic heterocycles. The first-order chi connectivity index (χ1) is 33.8. The average Bonchev–Trinajstić information content (AvgIpc) is 3.33. The maximum absolute atomic E-state index is 2.56. The molecule has 0 spiro atoms. The summed E-state index contributed by atoms with van der Waals surface area (Å²) >= 11 is 3.64. The minimum absolute atomic E-state index is 0.0344. The topological polar surface area (TPSA) is 13.0 Å². The Morgan fingerprint density at radius 2 is 0.657 bits per heavy atom. The van der Waals surface area contributed by atoms with Crippen LogP contribution in [0.2, 0.25) is 0 Å². The van der Waals surface area contributed by atoms with Gasteiger partial charge >= 0.3 is 0 Å². The van der Waals surface area contributed by atoms with E-state index < -0.39 is 0 Å². The molecule has 340 valence electrons. The van der Waals surface area contributed by atoms with Crippen LogP contribution in [0.3, 0.4) is 0 Å². The van der Waals surface area contributed by atoms with E-state index in [9.17, 15) is 0 Å². The second kappa shape index (κ2) is 16.0. The molecule has 9 aromatic rings. The highest BCUT2D eigenvalue weighted by Gasteiger charge is 2.44. The van der Waals surface area contributed by atoms with Gasteiger partial charge in [-0.15, -0.1) is 0 Å². The van der Waals surface area contributed by atoms with Gasteiger partial charge in [-0.25, -0.2) is 0 Å². The van der Waals surface area contributed by atoms with E-state index in [0.717, 1.165) is 45.5 Å². The van der Waals surface area contributed by atoms with Crippen LogP contribution in [0, 0.1) is 6.92 Å². The highest BCUT2D eigenvalue weighted by atomic mass is 32.2. The zero-order valence-corrected chi connectivity index (χ0v) is 42.3. The fourth-order valence-electron chi connectivity index (χ4n) is 11.1. The van der Waals surface area contributed by atoms with Crippen LogP contribution in [-0.4, -0.2) is 6.71 Å². The van der Waals surface area contributed by atoms with Gasteiger partial charge in [0, 0.05) is 87.8 Å². The van der Waals surface area contributed by atoms with E-state index in [1.807, 2.05) is 23.5 Å². The Balaban J connectivity index is 1.07. The summed E-state index contributed by atoms with van der Waals surface area (Å²) in [4.78, 5) is 14.8. The Kier molecular flexibility index (Phi) is 9.82. The van der Waals surface area contributed by atoms with E-state index in [-0.39, 0.29) is 17.5 Å². The van der Waals surface area contributed by atoms with Gasteiger partial charge in [0.15, 0.2) is 0 Å². The molecule has 0 radical (unpaired) electrons. The van der Waals surface area contributed by atoms with Gasteiger partial charge in [-0.05, 0) is 184 Å². The molecular formula is C63H53BN4S2. The zero-order valence-electron chi connectivity index (χ0n) is 40.7. The third-order valence-electron chi connectivity index (χ3n) is 14.5. The second-order valence-corrected chi connectivity index (χ2v) is 23.6. The Hall–Kier alpha value is -7.06. The summed E-state index contributed by atoms with van der Waals surface area (Å²) in [5.74, 6) is 0. The maximum atomic E-state index is 2.56. The molecule has 0 aromatic heterocycles. The first kappa shape index (κ1) is 43.0. The fraction of sp³-hybridized carbons (Fsp3) is 0.143. The lowest BCUT2D eigenvalue weighted by Gasteiger charge is -2.45. The molecule has 0 amide bonds. The molecule has 7 heteroatoms. The maximum Gasteiger partial charge on any atom is 0.252 e. The Morgan fingerprint density at radius 3 is 1.01 bits per heavy atom. The van der Waals surface area contributed by atoms with Gasteiger partial charge in [-0.3, -0.25) is 0 Å². The van der Waals surface area contributed by atoms with Gasteiger partial charge in [0.25, 0.3) is 6.71 Å². The van der Waals surface area contributed by atoms with E-state index in [0.29, 0.717) is 0 Å². The lowest BCUT2D eigenvalue weighted by molar-refractivity contribution is 0.590. The molecule has 12 bridgehead atoms. The number of hydrogen-bond acceptors (Lipinski definition) is 6. The van der Waals surface area contributed by atoms with Crippen molar-refractivity contribution in [2.24, 2.45) is 0 Å². The lowest BCUT2D eigenvalue weighted by atomic mass is 9.33. The van der Waals surface area contributed by atoms with E-state index >= 15 is 0 Å². The molecule has 0 aliphatic carbocycles. The van der Waals surface area contributed by atoms with Crippen molar-refractivity contribution >= 4 is 115 Å². The van der Waals surface area contributed by atoms with Crippen molar-refractivity contribution in [3.05, 3.63) is 211 Å². The number of fused-ring (bicyclic) bond motifs is 16. The molecule has 0 atom stereocenters. The predicted molar refractivity (Wildman–Crippen MR) is 300 cm³/mol. The average molecular weight is 941 g/mol.